The summed E-state index contributed by atoms with van der Waals surface area (Å²) < 4.78 is 4.07. The lowest BCUT2D eigenvalue weighted by Gasteiger charge is -2.10. The number of rotatable bonds is 9. The number of carbonyl (C=O) groups excluding carboxylic acids is 1. The molecule has 5 nitrogen and oxygen atoms in total. The van der Waals surface area contributed by atoms with Crippen LogP contribution in [-0.2, 0) is 0 Å². The number of amides is 1. The molecule has 0 unspecified atom stereocenters. The Labute approximate surface area is 129 Å². The zero-order chi connectivity index (χ0) is 15.0. The molecule has 0 fully saturated rings. The molecule has 0 aliphatic heterocycles. The number of nitrogens with zero attached hydrogens (tertiary/aromatic N) is 1. The van der Waals surface area contributed by atoms with Gasteiger partial charge < -0.3 is 16.4 Å². The first-order valence-electron chi connectivity index (χ1n) is 6.85. The predicted octanol–water partition coefficient (Wildman–Crippen LogP) is 2.81. The largest absolute Gasteiger partial charge is 0.382 e. The molecule has 114 valence electrons. The van der Waals surface area contributed by atoms with Gasteiger partial charge in [-0.15, -0.1) is 0 Å². The van der Waals surface area contributed by atoms with Gasteiger partial charge in [-0.1, -0.05) is 6.42 Å². The van der Waals surface area contributed by atoms with Crippen LogP contribution in [0.4, 0.5) is 10.8 Å². The summed E-state index contributed by atoms with van der Waals surface area (Å²) >= 11 is 3.12. The van der Waals surface area contributed by atoms with E-state index in [4.69, 9.17) is 5.73 Å². The van der Waals surface area contributed by atoms with E-state index in [1.165, 1.54) is 30.1 Å². The fraction of sp³-hybridized carbons (Fsp3) is 0.692. The molecule has 0 atom stereocenters. The van der Waals surface area contributed by atoms with E-state index in [0.717, 1.165) is 18.0 Å². The van der Waals surface area contributed by atoms with Crippen molar-refractivity contribution in [2.24, 2.45) is 0 Å². The van der Waals surface area contributed by atoms with Gasteiger partial charge in [-0.05, 0) is 50.2 Å². The van der Waals surface area contributed by atoms with Crippen molar-refractivity contribution in [1.29, 1.82) is 0 Å². The highest BCUT2D eigenvalue weighted by atomic mass is 32.2. The van der Waals surface area contributed by atoms with Crippen molar-refractivity contribution in [3.63, 3.8) is 0 Å². The standard InChI is InChI=1S/C13H24N4OS2/c1-9(2)16-12(18)10-11(14)17-20-13(10)15-7-5-4-6-8-19-3/h9,15H,4-8H2,1-3H3,(H2,14,17)(H,16,18). The summed E-state index contributed by atoms with van der Waals surface area (Å²) in [5, 5.41) is 6.89. The van der Waals surface area contributed by atoms with Crippen molar-refractivity contribution in [2.45, 2.75) is 39.2 Å². The molecule has 0 bridgehead atoms. The van der Waals surface area contributed by atoms with Crippen LogP contribution in [0.15, 0.2) is 0 Å². The number of anilines is 2. The summed E-state index contributed by atoms with van der Waals surface area (Å²) in [4.78, 5) is 12.1. The van der Waals surface area contributed by atoms with E-state index in [2.05, 4.69) is 21.3 Å². The number of hydrogen-bond donors (Lipinski definition) is 3. The van der Waals surface area contributed by atoms with Crippen LogP contribution in [0.1, 0.15) is 43.5 Å². The zero-order valence-corrected chi connectivity index (χ0v) is 14.0. The van der Waals surface area contributed by atoms with Crippen molar-refractivity contribution in [3.8, 4) is 0 Å². The second-order valence-electron chi connectivity index (χ2n) is 4.88. The first kappa shape index (κ1) is 17.1. The van der Waals surface area contributed by atoms with E-state index < -0.39 is 0 Å². The normalized spacial score (nSPS) is 10.8. The Hall–Kier alpha value is -0.950. The summed E-state index contributed by atoms with van der Waals surface area (Å²) in [7, 11) is 0. The lowest BCUT2D eigenvalue weighted by atomic mass is 10.2. The molecule has 0 aliphatic rings. The van der Waals surface area contributed by atoms with Crippen molar-refractivity contribution in [2.75, 3.05) is 29.6 Å². The molecule has 1 rings (SSSR count). The SMILES string of the molecule is CSCCCCCNc1snc(N)c1C(=O)NC(C)C. The van der Waals surface area contributed by atoms with Gasteiger partial charge in [0.1, 0.15) is 10.6 Å². The van der Waals surface area contributed by atoms with Gasteiger partial charge in [0.2, 0.25) is 0 Å². The molecule has 0 saturated carbocycles. The number of carbonyl (C=O) groups is 1. The molecule has 7 heteroatoms. The van der Waals surface area contributed by atoms with E-state index in [-0.39, 0.29) is 11.9 Å². The Bertz CT molecular complexity index is 421. The summed E-state index contributed by atoms with van der Waals surface area (Å²) in [6, 6.07) is 0.0844. The minimum absolute atomic E-state index is 0.0844. The van der Waals surface area contributed by atoms with Crippen molar-refractivity contribution in [3.05, 3.63) is 5.56 Å². The molecule has 0 aliphatic carbocycles. The number of unbranched alkanes of at least 4 members (excludes halogenated alkanes) is 2. The van der Waals surface area contributed by atoms with Gasteiger partial charge in [-0.3, -0.25) is 4.79 Å². The number of nitrogens with one attached hydrogen (secondary N) is 2. The molecule has 0 spiro atoms. The molecule has 0 radical (unpaired) electrons. The van der Waals surface area contributed by atoms with E-state index >= 15 is 0 Å². The highest BCUT2D eigenvalue weighted by Crippen LogP contribution is 2.26. The maximum Gasteiger partial charge on any atom is 0.258 e. The molecule has 20 heavy (non-hydrogen) atoms. The number of hydrogen-bond acceptors (Lipinski definition) is 6. The van der Waals surface area contributed by atoms with Crippen LogP contribution in [0, 0.1) is 0 Å². The van der Waals surface area contributed by atoms with Crippen LogP contribution >= 0.6 is 23.3 Å². The van der Waals surface area contributed by atoms with E-state index in [1.807, 2.05) is 25.6 Å². The molecule has 1 heterocycles. The topological polar surface area (TPSA) is 80.0 Å². The maximum absolute atomic E-state index is 12.1. The third kappa shape index (κ3) is 5.58. The lowest BCUT2D eigenvalue weighted by Crippen LogP contribution is -2.30. The third-order valence-corrected chi connectivity index (χ3v) is 4.19. The van der Waals surface area contributed by atoms with Gasteiger partial charge >= 0.3 is 0 Å². The average molecular weight is 316 g/mol. The van der Waals surface area contributed by atoms with Crippen LogP contribution in [0.25, 0.3) is 0 Å². The van der Waals surface area contributed by atoms with Gasteiger partial charge in [0.15, 0.2) is 5.82 Å². The molecular weight excluding hydrogens is 292 g/mol. The van der Waals surface area contributed by atoms with Gasteiger partial charge in [-0.2, -0.15) is 16.1 Å². The highest BCUT2D eigenvalue weighted by molar-refractivity contribution is 7.98. The van der Waals surface area contributed by atoms with Crippen LogP contribution in [0.3, 0.4) is 0 Å². The monoisotopic (exact) mass is 316 g/mol. The molecule has 0 aromatic carbocycles. The molecule has 0 saturated heterocycles. The predicted molar refractivity (Wildman–Crippen MR) is 89.9 cm³/mol. The van der Waals surface area contributed by atoms with E-state index in [0.29, 0.717) is 11.4 Å². The first-order chi connectivity index (χ1) is 9.56. The summed E-state index contributed by atoms with van der Waals surface area (Å²) in [5.74, 6) is 1.35. The molecule has 1 aromatic heterocycles. The zero-order valence-electron chi connectivity index (χ0n) is 12.4. The Morgan fingerprint density at radius 3 is 2.80 bits per heavy atom. The van der Waals surface area contributed by atoms with Crippen LogP contribution in [0.2, 0.25) is 0 Å². The number of aromatic nitrogens is 1. The first-order valence-corrected chi connectivity index (χ1v) is 9.01. The molecule has 1 aromatic rings. The number of nitrogen functional groups attached to an aromatic ring is 1. The Morgan fingerprint density at radius 2 is 2.15 bits per heavy atom. The van der Waals surface area contributed by atoms with Crippen molar-refractivity contribution >= 4 is 40.0 Å². The van der Waals surface area contributed by atoms with Gasteiger partial charge in [0.25, 0.3) is 5.91 Å². The van der Waals surface area contributed by atoms with Crippen LogP contribution in [0.5, 0.6) is 0 Å². The Kier molecular flexibility index (Phi) is 7.76. The fourth-order valence-corrected chi connectivity index (χ4v) is 2.96. The second-order valence-corrected chi connectivity index (χ2v) is 6.64. The number of thioether (sulfide) groups is 1. The quantitative estimate of drug-likeness (QED) is 0.610. The lowest BCUT2D eigenvalue weighted by molar-refractivity contribution is 0.0945. The summed E-state index contributed by atoms with van der Waals surface area (Å²) in [6.07, 6.45) is 5.63. The van der Waals surface area contributed by atoms with E-state index in [9.17, 15) is 4.79 Å². The molecule has 4 N–H and O–H groups in total. The fourth-order valence-electron chi connectivity index (χ4n) is 1.73. The highest BCUT2D eigenvalue weighted by Gasteiger charge is 2.19. The third-order valence-electron chi connectivity index (χ3n) is 2.68. The molecule has 1 amide bonds. The second kappa shape index (κ2) is 9.07. The summed E-state index contributed by atoms with van der Waals surface area (Å²) in [5.41, 5.74) is 6.26. The Morgan fingerprint density at radius 1 is 1.40 bits per heavy atom. The summed E-state index contributed by atoms with van der Waals surface area (Å²) in [6.45, 7) is 4.69. The van der Waals surface area contributed by atoms with Gasteiger partial charge in [-0.25, -0.2) is 0 Å². The van der Waals surface area contributed by atoms with Gasteiger partial charge in [0, 0.05) is 12.6 Å². The van der Waals surface area contributed by atoms with Crippen LogP contribution < -0.4 is 16.4 Å². The number of nitrogens with two attached hydrogens (primary N) is 1. The van der Waals surface area contributed by atoms with Crippen LogP contribution in [-0.4, -0.2) is 34.9 Å². The van der Waals surface area contributed by atoms with E-state index in [1.54, 1.807) is 0 Å². The maximum atomic E-state index is 12.1. The average Bonchev–Trinajstić information content (AvgIpc) is 2.74. The minimum Gasteiger partial charge on any atom is -0.382 e. The van der Waals surface area contributed by atoms with Gasteiger partial charge in [0.05, 0.1) is 0 Å². The molecular formula is C13H24N4OS2. The van der Waals surface area contributed by atoms with Crippen molar-refractivity contribution in [1.82, 2.24) is 9.69 Å². The van der Waals surface area contributed by atoms with Crippen molar-refractivity contribution < 1.29 is 4.79 Å². The Balaban J connectivity index is 2.48. The smallest absolute Gasteiger partial charge is 0.258 e. The minimum atomic E-state index is -0.156.